The van der Waals surface area contributed by atoms with Gasteiger partial charge in [0.25, 0.3) is 0 Å². The largest absolute Gasteiger partial charge is 1.00 e. The molecule has 0 heterocycles. The van der Waals surface area contributed by atoms with E-state index in [1.54, 1.807) is 0 Å². The molecule has 0 aliphatic heterocycles. The van der Waals surface area contributed by atoms with Crippen molar-refractivity contribution in [1.29, 1.82) is 0 Å². The summed E-state index contributed by atoms with van der Waals surface area (Å²) in [7, 11) is 0. The van der Waals surface area contributed by atoms with Crippen LogP contribution in [0.3, 0.4) is 0 Å². The zero-order chi connectivity index (χ0) is 8.31. The van der Waals surface area contributed by atoms with E-state index in [1.807, 2.05) is 0 Å². The molecule has 2 atom stereocenters. The second kappa shape index (κ2) is 8.04. The first kappa shape index (κ1) is 18.3. The van der Waals surface area contributed by atoms with Crippen LogP contribution in [0.5, 0.6) is 0 Å². The minimum absolute atomic E-state index is 0. The monoisotopic (exact) mass is 358 g/mol. The van der Waals surface area contributed by atoms with E-state index in [9.17, 15) is 19.8 Å². The third-order valence-corrected chi connectivity index (χ3v) is 1.49. The van der Waals surface area contributed by atoms with E-state index in [4.69, 9.17) is 0 Å². The topological polar surface area (TPSA) is 80.3 Å². The summed E-state index contributed by atoms with van der Waals surface area (Å²) in [4.78, 5) is 20.1. The summed E-state index contributed by atoms with van der Waals surface area (Å²) >= 11 is 0. The Hall–Kier alpha value is 0.421. The van der Waals surface area contributed by atoms with Gasteiger partial charge in [-0.05, 0) is 0 Å². The molecule has 6 heteroatoms. The van der Waals surface area contributed by atoms with Crippen LogP contribution < -0.4 is 10.2 Å². The van der Waals surface area contributed by atoms with Crippen molar-refractivity contribution in [1.82, 2.24) is 0 Å². The van der Waals surface area contributed by atoms with Crippen molar-refractivity contribution < 1.29 is 64.6 Å². The molecule has 0 aromatic rings. The molecular weight excluding hydrogens is 352 g/mol. The zero-order valence-electron chi connectivity index (χ0n) is 6.39. The predicted octanol–water partition coefficient (Wildman–Crippen LogP) is -2.25. The van der Waals surface area contributed by atoms with Gasteiger partial charge in [-0.25, -0.2) is 0 Å². The Morgan fingerprint density at radius 2 is 1.08 bits per heavy atom. The minimum atomic E-state index is -1.36. The smallest absolute Gasteiger partial charge is 0.550 e. The van der Waals surface area contributed by atoms with E-state index in [2.05, 4.69) is 0 Å². The first-order valence-electron chi connectivity index (χ1n) is 2.88. The quantitative estimate of drug-likeness (QED) is 0.533. The summed E-state index contributed by atoms with van der Waals surface area (Å²) in [5.74, 6) is -4.72. The third kappa shape index (κ3) is 5.99. The number of carboxylic acid groups (broad SMARTS) is 2. The van der Waals surface area contributed by atoms with Gasteiger partial charge in [0.2, 0.25) is 0 Å². The number of aliphatic carboxylic acids is 2. The minimum Gasteiger partial charge on any atom is -0.550 e. The molecule has 0 saturated carbocycles. The average molecular weight is 360 g/mol. The van der Waals surface area contributed by atoms with E-state index in [-0.39, 0.29) is 44.8 Å². The van der Waals surface area contributed by atoms with Gasteiger partial charge in [0, 0.05) is 23.8 Å². The van der Waals surface area contributed by atoms with Crippen molar-refractivity contribution in [3.05, 3.63) is 0 Å². The van der Waals surface area contributed by atoms with Gasteiger partial charge in [0.05, 0.1) is 0 Å². The number of hydrogen-bond acceptors (Lipinski definition) is 4. The standard InChI is InChI=1S/C6H10O4.2Ag/c1-3(5(7)8)4(2)6(9)10;;/h3-4H,1-2H3,(H,7,8)(H,9,10);;/q;2*+1/p-2. The Labute approximate surface area is 102 Å². The SMILES string of the molecule is CC(C(=O)[O-])C(C)C(=O)[O-].[Ag+].[Ag+]. The molecule has 0 amide bonds. The molecular formula is C6H8Ag2O4. The van der Waals surface area contributed by atoms with E-state index < -0.39 is 23.8 Å². The number of carbonyl (C=O) groups is 2. The van der Waals surface area contributed by atoms with Gasteiger partial charge in [-0.2, -0.15) is 0 Å². The summed E-state index contributed by atoms with van der Waals surface area (Å²) in [5.41, 5.74) is 0. The second-order valence-corrected chi connectivity index (χ2v) is 2.22. The van der Waals surface area contributed by atoms with Crippen LogP contribution in [0.1, 0.15) is 13.8 Å². The van der Waals surface area contributed by atoms with Crippen LogP contribution in [-0.2, 0) is 54.3 Å². The Kier molecular flexibility index (Phi) is 12.2. The van der Waals surface area contributed by atoms with Gasteiger partial charge < -0.3 is 19.8 Å². The van der Waals surface area contributed by atoms with Crippen molar-refractivity contribution in [2.45, 2.75) is 13.8 Å². The Balaban J connectivity index is -0.000000405. The van der Waals surface area contributed by atoms with E-state index in [0.29, 0.717) is 0 Å². The van der Waals surface area contributed by atoms with E-state index in [0.717, 1.165) is 0 Å². The Morgan fingerprint density at radius 1 is 0.917 bits per heavy atom. The fraction of sp³-hybridized carbons (Fsp3) is 0.667. The fourth-order valence-electron chi connectivity index (χ4n) is 0.408. The fourth-order valence-corrected chi connectivity index (χ4v) is 0.408. The third-order valence-electron chi connectivity index (χ3n) is 1.49. The van der Waals surface area contributed by atoms with Crippen molar-refractivity contribution >= 4 is 11.9 Å². The normalized spacial score (nSPS) is 13.2. The molecule has 0 fully saturated rings. The van der Waals surface area contributed by atoms with Crippen LogP contribution in [0.15, 0.2) is 0 Å². The van der Waals surface area contributed by atoms with E-state index in [1.165, 1.54) is 13.8 Å². The molecule has 78 valence electrons. The Morgan fingerprint density at radius 3 is 1.17 bits per heavy atom. The molecule has 0 aromatic carbocycles. The van der Waals surface area contributed by atoms with Crippen molar-refractivity contribution in [3.63, 3.8) is 0 Å². The number of hydrogen-bond donors (Lipinski definition) is 0. The van der Waals surface area contributed by atoms with Crippen LogP contribution >= 0.6 is 0 Å². The number of rotatable bonds is 3. The van der Waals surface area contributed by atoms with Crippen LogP contribution in [0.25, 0.3) is 0 Å². The molecule has 0 bridgehead atoms. The van der Waals surface area contributed by atoms with Crippen LogP contribution in [0.4, 0.5) is 0 Å². The summed E-state index contributed by atoms with van der Waals surface area (Å²) in [6.07, 6.45) is 0. The van der Waals surface area contributed by atoms with Gasteiger partial charge >= 0.3 is 44.8 Å². The molecule has 0 aliphatic carbocycles. The summed E-state index contributed by atoms with van der Waals surface area (Å²) in [6, 6.07) is 0. The van der Waals surface area contributed by atoms with Crippen LogP contribution in [-0.4, -0.2) is 11.9 Å². The van der Waals surface area contributed by atoms with Gasteiger partial charge in [0.1, 0.15) is 0 Å². The molecule has 4 nitrogen and oxygen atoms in total. The molecule has 0 radical (unpaired) electrons. The van der Waals surface area contributed by atoms with Gasteiger partial charge in [-0.3, -0.25) is 0 Å². The maximum Gasteiger partial charge on any atom is 1.00 e. The molecule has 0 aliphatic rings. The summed E-state index contributed by atoms with van der Waals surface area (Å²) in [6.45, 7) is 2.55. The van der Waals surface area contributed by atoms with Gasteiger partial charge in [0.15, 0.2) is 0 Å². The zero-order valence-corrected chi connectivity index (χ0v) is 9.36. The molecule has 0 aromatic heterocycles. The molecule has 12 heavy (non-hydrogen) atoms. The maximum absolute atomic E-state index is 10.0. The average Bonchev–Trinajstić information content (AvgIpc) is 1.84. The molecule has 0 rings (SSSR count). The molecule has 2 unspecified atom stereocenters. The van der Waals surface area contributed by atoms with Gasteiger partial charge in [-0.1, -0.05) is 13.8 Å². The van der Waals surface area contributed by atoms with Crippen molar-refractivity contribution in [2.24, 2.45) is 11.8 Å². The van der Waals surface area contributed by atoms with Crippen LogP contribution in [0.2, 0.25) is 0 Å². The Bertz CT molecular complexity index is 142. The molecule has 0 N–H and O–H groups in total. The predicted molar refractivity (Wildman–Crippen MR) is 28.3 cm³/mol. The van der Waals surface area contributed by atoms with E-state index >= 15 is 0 Å². The van der Waals surface area contributed by atoms with Crippen molar-refractivity contribution in [3.8, 4) is 0 Å². The molecule has 0 saturated heterocycles. The first-order chi connectivity index (χ1) is 4.46. The number of carboxylic acids is 2. The van der Waals surface area contributed by atoms with Crippen molar-refractivity contribution in [2.75, 3.05) is 0 Å². The number of carbonyl (C=O) groups excluding carboxylic acids is 2. The van der Waals surface area contributed by atoms with Gasteiger partial charge in [-0.15, -0.1) is 0 Å². The summed E-state index contributed by atoms with van der Waals surface area (Å²) in [5, 5.41) is 20.1. The second-order valence-electron chi connectivity index (χ2n) is 2.22. The maximum atomic E-state index is 10.0. The summed E-state index contributed by atoms with van der Waals surface area (Å²) < 4.78 is 0. The first-order valence-corrected chi connectivity index (χ1v) is 2.88. The molecule has 0 spiro atoms. The van der Waals surface area contributed by atoms with Crippen LogP contribution in [0, 0.1) is 11.8 Å².